The predicted octanol–water partition coefficient (Wildman–Crippen LogP) is 3.10. The highest BCUT2D eigenvalue weighted by Gasteiger charge is 2.83. The van der Waals surface area contributed by atoms with E-state index in [4.69, 9.17) is 0 Å². The maximum atomic E-state index is 13.2. The molecule has 0 aromatic heterocycles. The second kappa shape index (κ2) is 3.26. The van der Waals surface area contributed by atoms with Gasteiger partial charge in [0.1, 0.15) is 11.6 Å². The SMILES string of the molecule is O=C1[C@@H]2[C@@H]3C(=O)[C@H]4[C@H]1[C@H]1[C@@H]2[C@H]2CC[C@@H](C2)[C@@H]3[C@H]4C12CCCC2. The molecule has 7 aliphatic rings. The van der Waals surface area contributed by atoms with Crippen LogP contribution in [0.1, 0.15) is 44.9 Å². The molecule has 0 radical (unpaired) electrons. The van der Waals surface area contributed by atoms with Gasteiger partial charge in [-0.1, -0.05) is 12.8 Å². The first-order valence-electron chi connectivity index (χ1n) is 9.81. The number of carbonyl (C=O) groups is 2. The summed E-state index contributed by atoms with van der Waals surface area (Å²) in [6.45, 7) is 0. The number of fused-ring (bicyclic) bond motifs is 3. The van der Waals surface area contributed by atoms with Crippen molar-refractivity contribution in [2.24, 2.45) is 64.6 Å². The number of ketones is 2. The lowest BCUT2D eigenvalue weighted by molar-refractivity contribution is -0.141. The van der Waals surface area contributed by atoms with E-state index in [0.717, 1.165) is 11.8 Å². The molecule has 7 aliphatic carbocycles. The second-order valence-corrected chi connectivity index (χ2v) is 9.89. The molecule has 0 aromatic carbocycles. The molecule has 116 valence electrons. The van der Waals surface area contributed by atoms with Gasteiger partial charge in [-0.2, -0.15) is 0 Å². The zero-order valence-electron chi connectivity index (χ0n) is 13.0. The summed E-state index contributed by atoms with van der Waals surface area (Å²) in [7, 11) is 0. The molecule has 0 unspecified atom stereocenters. The van der Waals surface area contributed by atoms with E-state index in [9.17, 15) is 9.59 Å². The minimum Gasteiger partial charge on any atom is -0.299 e. The third-order valence-electron chi connectivity index (χ3n) is 9.98. The number of Topliss-reactive ketones (excluding diaryl/α,β-unsaturated/α-hetero) is 2. The standard InChI is InChI=1S/C20H24O2/c21-18-12-10-8-3-4-9(7-8)11-13(12)19(22)15-14(18)16(10)20(17(11)15)5-1-2-6-20/h8-17H,1-7H2/t8-,9-,10-,11+,12+,13-,14-,15-,16+,17+/m0/s1. The molecule has 0 aliphatic heterocycles. The number of hydrogen-bond donors (Lipinski definition) is 0. The topological polar surface area (TPSA) is 34.1 Å². The Morgan fingerprint density at radius 2 is 1.23 bits per heavy atom. The normalized spacial score (nSPS) is 64.5. The minimum atomic E-state index is 0.184. The van der Waals surface area contributed by atoms with Gasteiger partial charge < -0.3 is 0 Å². The first-order chi connectivity index (χ1) is 10.7. The fourth-order valence-corrected chi connectivity index (χ4v) is 10.1. The van der Waals surface area contributed by atoms with Crippen LogP contribution in [0.5, 0.6) is 0 Å². The number of carbonyl (C=O) groups excluding carboxylic acids is 2. The summed E-state index contributed by atoms with van der Waals surface area (Å²) >= 11 is 0. The Bertz CT molecular complexity index is 582. The lowest BCUT2D eigenvalue weighted by Crippen LogP contribution is -2.40. The fraction of sp³-hybridized carbons (Fsp3) is 0.900. The Morgan fingerprint density at radius 3 is 1.73 bits per heavy atom. The van der Waals surface area contributed by atoms with Gasteiger partial charge in [0.2, 0.25) is 0 Å². The molecule has 0 heterocycles. The number of rotatable bonds is 0. The van der Waals surface area contributed by atoms with Crippen LogP contribution in [-0.2, 0) is 9.59 Å². The van der Waals surface area contributed by atoms with E-state index in [-0.39, 0.29) is 23.7 Å². The molecular formula is C20H24O2. The zero-order chi connectivity index (χ0) is 14.4. The van der Waals surface area contributed by atoms with Crippen molar-refractivity contribution in [1.82, 2.24) is 0 Å². The quantitative estimate of drug-likeness (QED) is 0.688. The maximum Gasteiger partial charge on any atom is 0.141 e. The first-order valence-corrected chi connectivity index (χ1v) is 9.81. The van der Waals surface area contributed by atoms with E-state index in [1.165, 1.54) is 44.9 Å². The third kappa shape index (κ3) is 0.893. The van der Waals surface area contributed by atoms with Crippen molar-refractivity contribution in [3.63, 3.8) is 0 Å². The van der Waals surface area contributed by atoms with Crippen LogP contribution in [0.3, 0.4) is 0 Å². The van der Waals surface area contributed by atoms with Crippen LogP contribution >= 0.6 is 0 Å². The van der Waals surface area contributed by atoms with E-state index >= 15 is 0 Å². The zero-order valence-corrected chi connectivity index (χ0v) is 13.0. The molecule has 0 N–H and O–H groups in total. The average molecular weight is 296 g/mol. The van der Waals surface area contributed by atoms with E-state index in [2.05, 4.69) is 0 Å². The Kier molecular flexibility index (Phi) is 1.75. The van der Waals surface area contributed by atoms with E-state index in [0.29, 0.717) is 40.7 Å². The summed E-state index contributed by atoms with van der Waals surface area (Å²) in [5, 5.41) is 0. The Balaban J connectivity index is 1.59. The summed E-state index contributed by atoms with van der Waals surface area (Å²) in [5.74, 6) is 5.99. The van der Waals surface area contributed by atoms with Crippen molar-refractivity contribution in [3.05, 3.63) is 0 Å². The van der Waals surface area contributed by atoms with Gasteiger partial charge in [-0.15, -0.1) is 0 Å². The van der Waals surface area contributed by atoms with Gasteiger partial charge in [0.25, 0.3) is 0 Å². The molecular weight excluding hydrogens is 272 g/mol. The molecule has 8 bridgehead atoms. The van der Waals surface area contributed by atoms with Crippen molar-refractivity contribution in [1.29, 1.82) is 0 Å². The van der Waals surface area contributed by atoms with Crippen LogP contribution in [-0.4, -0.2) is 11.6 Å². The van der Waals surface area contributed by atoms with Gasteiger partial charge in [0.05, 0.1) is 0 Å². The lowest BCUT2D eigenvalue weighted by atomic mass is 9.60. The van der Waals surface area contributed by atoms with Gasteiger partial charge in [-0.05, 0) is 73.0 Å². The van der Waals surface area contributed by atoms with E-state index in [1.807, 2.05) is 0 Å². The van der Waals surface area contributed by atoms with Crippen molar-refractivity contribution < 1.29 is 9.59 Å². The Hall–Kier alpha value is -0.660. The van der Waals surface area contributed by atoms with Crippen LogP contribution in [0.25, 0.3) is 0 Å². The highest BCUT2D eigenvalue weighted by Crippen LogP contribution is 2.82. The maximum absolute atomic E-state index is 13.2. The van der Waals surface area contributed by atoms with Crippen molar-refractivity contribution in [2.75, 3.05) is 0 Å². The van der Waals surface area contributed by atoms with Crippen LogP contribution in [0.2, 0.25) is 0 Å². The highest BCUT2D eigenvalue weighted by molar-refractivity contribution is 6.04. The summed E-state index contributed by atoms with van der Waals surface area (Å²) in [4.78, 5) is 26.5. The predicted molar refractivity (Wildman–Crippen MR) is 79.7 cm³/mol. The summed E-state index contributed by atoms with van der Waals surface area (Å²) < 4.78 is 0. The van der Waals surface area contributed by atoms with Crippen LogP contribution in [0.4, 0.5) is 0 Å². The van der Waals surface area contributed by atoms with Crippen molar-refractivity contribution in [3.8, 4) is 0 Å². The van der Waals surface area contributed by atoms with Gasteiger partial charge in [-0.3, -0.25) is 9.59 Å². The smallest absolute Gasteiger partial charge is 0.141 e. The van der Waals surface area contributed by atoms with Gasteiger partial charge in [0.15, 0.2) is 0 Å². The average Bonchev–Trinajstić information content (AvgIpc) is 3.20. The Morgan fingerprint density at radius 1 is 0.727 bits per heavy atom. The highest BCUT2D eigenvalue weighted by atomic mass is 16.1. The summed E-state index contributed by atoms with van der Waals surface area (Å²) in [6, 6.07) is 0. The lowest BCUT2D eigenvalue weighted by Gasteiger charge is -2.43. The molecule has 7 fully saturated rings. The summed E-state index contributed by atoms with van der Waals surface area (Å²) in [5.41, 5.74) is 0.428. The van der Waals surface area contributed by atoms with Gasteiger partial charge in [0, 0.05) is 23.7 Å². The molecule has 7 rings (SSSR count). The van der Waals surface area contributed by atoms with E-state index in [1.54, 1.807) is 0 Å². The third-order valence-corrected chi connectivity index (χ3v) is 9.98. The Labute approximate surface area is 131 Å². The first kappa shape index (κ1) is 11.8. The molecule has 22 heavy (non-hydrogen) atoms. The minimum absolute atomic E-state index is 0.184. The molecule has 2 heteroatoms. The van der Waals surface area contributed by atoms with Gasteiger partial charge in [-0.25, -0.2) is 0 Å². The monoisotopic (exact) mass is 296 g/mol. The largest absolute Gasteiger partial charge is 0.299 e. The van der Waals surface area contributed by atoms with Crippen LogP contribution in [0, 0.1) is 64.6 Å². The summed E-state index contributed by atoms with van der Waals surface area (Å²) in [6.07, 6.45) is 9.52. The molecule has 2 nitrogen and oxygen atoms in total. The van der Waals surface area contributed by atoms with Crippen molar-refractivity contribution in [2.45, 2.75) is 44.9 Å². The number of hydrogen-bond acceptors (Lipinski definition) is 2. The molecule has 0 saturated heterocycles. The van der Waals surface area contributed by atoms with Crippen LogP contribution in [0.15, 0.2) is 0 Å². The van der Waals surface area contributed by atoms with Gasteiger partial charge >= 0.3 is 0 Å². The van der Waals surface area contributed by atoms with Crippen LogP contribution < -0.4 is 0 Å². The van der Waals surface area contributed by atoms with E-state index < -0.39 is 0 Å². The molecule has 7 saturated carbocycles. The molecule has 10 atom stereocenters. The molecule has 0 aromatic rings. The fourth-order valence-electron chi connectivity index (χ4n) is 10.1. The van der Waals surface area contributed by atoms with Crippen molar-refractivity contribution >= 4 is 11.6 Å². The molecule has 1 spiro atoms. The second-order valence-electron chi connectivity index (χ2n) is 9.89. The molecule has 0 amide bonds.